The molecule has 0 saturated carbocycles. The highest BCUT2D eigenvalue weighted by Gasteiger charge is 2.34. The van der Waals surface area contributed by atoms with Gasteiger partial charge in [0, 0.05) is 37.2 Å². The molecule has 11 atom stereocenters. The first-order valence-electron chi connectivity index (χ1n) is 31.0. The number of phenols is 1. The molecule has 25 heteroatoms. The van der Waals surface area contributed by atoms with Crippen molar-refractivity contribution in [3.63, 3.8) is 0 Å². The number of Topliss-reactive ketones (excluding diaryl/α,β-unsaturated/α-hetero) is 1. The van der Waals surface area contributed by atoms with Crippen molar-refractivity contribution in [2.45, 2.75) is 196 Å². The zero-order valence-corrected chi connectivity index (χ0v) is 54.5. The van der Waals surface area contributed by atoms with Crippen LogP contribution < -0.4 is 48.3 Å². The molecule has 25 nitrogen and oxygen atoms in total. The molecule has 0 fully saturated rings. The van der Waals surface area contributed by atoms with Crippen molar-refractivity contribution in [1.82, 2.24) is 42.5 Å². The van der Waals surface area contributed by atoms with Crippen molar-refractivity contribution in [3.8, 4) is 5.75 Å². The maximum absolute atomic E-state index is 13.7. The number of ketones is 1. The second kappa shape index (κ2) is 40.4. The van der Waals surface area contributed by atoms with Gasteiger partial charge in [-0.1, -0.05) is 131 Å². The van der Waals surface area contributed by atoms with Crippen LogP contribution in [-0.4, -0.2) is 150 Å². The second-order valence-corrected chi connectivity index (χ2v) is 24.2. The highest BCUT2D eigenvalue weighted by atomic mass is 16.5. The van der Waals surface area contributed by atoms with E-state index in [1.807, 2.05) is 26.8 Å². The number of phenolic OH excluding ortho intramolecular Hbond substituents is 1. The van der Waals surface area contributed by atoms with Crippen LogP contribution in [0.2, 0.25) is 0 Å². The van der Waals surface area contributed by atoms with Gasteiger partial charge in [0.15, 0.2) is 5.78 Å². The Kier molecular flexibility index (Phi) is 35.0. The average Bonchev–Trinajstić information content (AvgIpc) is 3.68. The Balaban J connectivity index is 0.000000560. The minimum Gasteiger partial charge on any atom is -0.508 e. The monoisotopic (exact) mass is 1260 g/mol. The van der Waals surface area contributed by atoms with Gasteiger partial charge in [-0.15, -0.1) is 0 Å². The Morgan fingerprint density at radius 1 is 0.589 bits per heavy atom. The summed E-state index contributed by atoms with van der Waals surface area (Å²) in [6, 6.07) is -1.02. The van der Waals surface area contributed by atoms with Crippen LogP contribution in [-0.2, 0) is 78.2 Å². The molecule has 11 N–H and O–H groups in total. The zero-order valence-electron chi connectivity index (χ0n) is 54.5. The Bertz CT molecular complexity index is 2630. The Morgan fingerprint density at radius 3 is 1.51 bits per heavy atom. The van der Waals surface area contributed by atoms with Crippen molar-refractivity contribution >= 4 is 70.9 Å². The molecule has 0 saturated heterocycles. The molecule has 0 bridgehead atoms. The van der Waals surface area contributed by atoms with E-state index in [4.69, 9.17) is 19.9 Å². The average molecular weight is 1260 g/mol. The molecular formula is C65H99N9O16. The van der Waals surface area contributed by atoms with E-state index in [1.165, 1.54) is 62.8 Å². The molecule has 0 unspecified atom stereocenters. The SMILES string of the molecule is CC(C)[C@@H]1NC(=O)/C=C/[C@@H](C)COC(=O)[C@H](C)NC1=O.CC(C)[C@@H]1NC(=O)/C=C/[C@@H](N)COC(=O)[C@H](C)NC1=O.CCCCCC/C=C\CC(=O)N[C@@H](Cc1ccc(O)cc1)C(=O)N[C@H](C(=O)C[C@@H]1/C=C/C(=O)N[C@@H](C(C)C)C(=O)N[C@@H](C)C(=O)OC1)C(C)C. The summed E-state index contributed by atoms with van der Waals surface area (Å²) in [5.41, 5.74) is 6.37. The number of amides is 8. The molecule has 0 aliphatic carbocycles. The molecule has 4 rings (SSSR count). The molecule has 3 aliphatic heterocycles. The number of benzene rings is 1. The summed E-state index contributed by atoms with van der Waals surface area (Å²) >= 11 is 0. The van der Waals surface area contributed by atoms with Crippen molar-refractivity contribution in [1.29, 1.82) is 0 Å². The summed E-state index contributed by atoms with van der Waals surface area (Å²) in [7, 11) is 0. The third-order valence-electron chi connectivity index (χ3n) is 14.3. The molecule has 3 heterocycles. The number of nitrogens with two attached hydrogens (primary N) is 1. The molecule has 0 aromatic heterocycles. The predicted molar refractivity (Wildman–Crippen MR) is 337 cm³/mol. The summed E-state index contributed by atoms with van der Waals surface area (Å²) < 4.78 is 15.5. The standard InChI is InChI=1S/C38H56N4O8.C14H22N2O4.C13H21N3O4/c1-7-8-9-10-11-12-13-14-32(45)40-30(21-27-15-18-29(43)19-16-27)36(47)42-34(24(2)3)31(44)22-28-17-20-33(46)41-35(25(4)5)37(48)39-26(6)38(49)50-23-28;1-8(2)12-13(18)15-10(4)14(19)20-7-9(3)5-6-11(17)16-12;1-7(2)11-12(18)15-8(3)13(19)20-6-9(14)4-5-10(17)16-11/h12-13,15-20,24-26,28,30,34-35,43H,7-11,14,21-23H2,1-6H3,(H,39,48)(H,40,45)(H,41,46)(H,42,47);5-6,8-10,12H,7H2,1-4H3,(H,15,18)(H,16,17);4-5,7-9,11H,6,14H2,1-3H3,(H,15,18)(H,16,17)/b13-12-,20-17+;6-5+;5-4+/t26-,28-,30-,34-,35-;9-,10+,12+;8-,9+,11-/m010/s1. The van der Waals surface area contributed by atoms with Crippen molar-refractivity contribution in [2.75, 3.05) is 19.8 Å². The van der Waals surface area contributed by atoms with E-state index in [2.05, 4.69) is 49.5 Å². The van der Waals surface area contributed by atoms with Gasteiger partial charge in [0.25, 0.3) is 0 Å². The normalized spacial score (nSPS) is 25.0. The number of nitrogens with one attached hydrogen (secondary N) is 8. The molecule has 8 amide bonds. The van der Waals surface area contributed by atoms with Crippen LogP contribution in [0.4, 0.5) is 0 Å². The molecule has 1 aromatic carbocycles. The summed E-state index contributed by atoms with van der Waals surface area (Å²) in [5.74, 6) is -7.07. The molecule has 0 spiro atoms. The van der Waals surface area contributed by atoms with E-state index in [0.717, 1.165) is 25.7 Å². The fourth-order valence-electron chi connectivity index (χ4n) is 8.82. The van der Waals surface area contributed by atoms with E-state index >= 15 is 0 Å². The van der Waals surface area contributed by atoms with Crippen molar-refractivity contribution in [2.24, 2.45) is 41.2 Å². The van der Waals surface area contributed by atoms with E-state index in [1.54, 1.807) is 72.8 Å². The third kappa shape index (κ3) is 29.9. The third-order valence-corrected chi connectivity index (χ3v) is 14.3. The fourth-order valence-corrected chi connectivity index (χ4v) is 8.82. The van der Waals surface area contributed by atoms with Crippen molar-refractivity contribution < 1.29 is 76.9 Å². The highest BCUT2D eigenvalue weighted by molar-refractivity contribution is 5.97. The van der Waals surface area contributed by atoms with Crippen LogP contribution in [0.15, 0.2) is 72.9 Å². The summed E-state index contributed by atoms with van der Waals surface area (Å²) in [6.45, 7) is 22.8. The van der Waals surface area contributed by atoms with Gasteiger partial charge >= 0.3 is 17.9 Å². The largest absolute Gasteiger partial charge is 0.508 e. The predicted octanol–water partition coefficient (Wildman–Crippen LogP) is 3.26. The summed E-state index contributed by atoms with van der Waals surface area (Å²) in [4.78, 5) is 149. The number of rotatable bonds is 19. The number of ether oxygens (including phenoxy) is 3. The van der Waals surface area contributed by atoms with Crippen molar-refractivity contribution in [3.05, 3.63) is 78.4 Å². The number of cyclic esters (lactones) is 3. The van der Waals surface area contributed by atoms with Crippen LogP contribution in [0.3, 0.4) is 0 Å². The molecule has 90 heavy (non-hydrogen) atoms. The van der Waals surface area contributed by atoms with E-state index < -0.39 is 108 Å². The lowest BCUT2D eigenvalue weighted by Crippen LogP contribution is -2.54. The van der Waals surface area contributed by atoms with E-state index in [-0.39, 0.29) is 97.9 Å². The van der Waals surface area contributed by atoms with Gasteiger partial charge in [0.1, 0.15) is 54.6 Å². The molecule has 3 aliphatic rings. The van der Waals surface area contributed by atoms with Crippen LogP contribution in [0.25, 0.3) is 0 Å². The fraction of sp³-hybridized carbons (Fsp3) is 0.600. The molecular weight excluding hydrogens is 1160 g/mol. The summed E-state index contributed by atoms with van der Waals surface area (Å²) in [6.07, 6.45) is 17.6. The van der Waals surface area contributed by atoms with Gasteiger partial charge in [-0.2, -0.15) is 0 Å². The zero-order chi connectivity index (χ0) is 67.8. The topological polar surface area (TPSA) is 375 Å². The lowest BCUT2D eigenvalue weighted by molar-refractivity contribution is -0.149. The van der Waals surface area contributed by atoms with Crippen LogP contribution >= 0.6 is 0 Å². The number of unbranched alkanes of at least 4 members (excludes halogenated alkanes) is 4. The number of hydrogen-bond acceptors (Lipinski definition) is 17. The lowest BCUT2D eigenvalue weighted by atomic mass is 9.92. The Labute approximate surface area is 529 Å². The quantitative estimate of drug-likeness (QED) is 0.0411. The first kappa shape index (κ1) is 77.9. The van der Waals surface area contributed by atoms with Gasteiger partial charge in [0.05, 0.1) is 25.3 Å². The number of carbonyl (C=O) groups excluding carboxylic acids is 12. The molecule has 1 aromatic rings. The number of esters is 3. The van der Waals surface area contributed by atoms with E-state index in [9.17, 15) is 62.6 Å². The van der Waals surface area contributed by atoms with Gasteiger partial charge < -0.3 is 67.6 Å². The van der Waals surface area contributed by atoms with Crippen LogP contribution in [0.1, 0.15) is 141 Å². The minimum absolute atomic E-state index is 0.0452. The summed E-state index contributed by atoms with van der Waals surface area (Å²) in [5, 5.41) is 30.9. The van der Waals surface area contributed by atoms with Crippen LogP contribution in [0.5, 0.6) is 5.75 Å². The van der Waals surface area contributed by atoms with Gasteiger partial charge in [-0.05, 0) is 87.1 Å². The second-order valence-electron chi connectivity index (χ2n) is 24.2. The first-order valence-corrected chi connectivity index (χ1v) is 31.0. The number of aromatic hydroxyl groups is 1. The Hall–Kier alpha value is -8.22. The molecule has 0 radical (unpaired) electrons. The lowest BCUT2D eigenvalue weighted by Gasteiger charge is -2.27. The highest BCUT2D eigenvalue weighted by Crippen LogP contribution is 2.17. The van der Waals surface area contributed by atoms with E-state index in [0.29, 0.717) is 5.56 Å². The first-order chi connectivity index (χ1) is 42.3. The number of carbonyl (C=O) groups is 12. The number of allylic oxidation sites excluding steroid dienone is 1. The smallest absolute Gasteiger partial charge is 0.328 e. The van der Waals surface area contributed by atoms with Gasteiger partial charge in [-0.25, -0.2) is 14.4 Å². The van der Waals surface area contributed by atoms with Gasteiger partial charge in [0.2, 0.25) is 47.3 Å². The maximum atomic E-state index is 13.7. The Morgan fingerprint density at radius 2 is 1.04 bits per heavy atom. The minimum atomic E-state index is -1.00. The van der Waals surface area contributed by atoms with Gasteiger partial charge in [-0.3, -0.25) is 43.2 Å². The van der Waals surface area contributed by atoms with Crippen LogP contribution in [0, 0.1) is 35.5 Å². The number of hydrogen-bond donors (Lipinski definition) is 10. The maximum Gasteiger partial charge on any atom is 0.328 e. The molecule has 500 valence electrons.